The highest BCUT2D eigenvalue weighted by atomic mass is 16.5. The fourth-order valence-corrected chi connectivity index (χ4v) is 4.20. The van der Waals surface area contributed by atoms with Crippen molar-refractivity contribution in [1.29, 1.82) is 0 Å². The Morgan fingerprint density at radius 1 is 1.00 bits per heavy atom. The number of anilines is 1. The van der Waals surface area contributed by atoms with Crippen molar-refractivity contribution >= 4 is 28.0 Å². The van der Waals surface area contributed by atoms with Crippen molar-refractivity contribution in [1.82, 2.24) is 24.9 Å². The van der Waals surface area contributed by atoms with Gasteiger partial charge >= 0.3 is 0 Å². The number of hydrogen-bond acceptors (Lipinski definition) is 7. The third-order valence-electron chi connectivity index (χ3n) is 5.81. The highest BCUT2D eigenvalue weighted by Crippen LogP contribution is 2.35. The molecule has 3 aromatic heterocycles. The van der Waals surface area contributed by atoms with Crippen LogP contribution in [-0.2, 0) is 4.74 Å². The van der Waals surface area contributed by atoms with Crippen LogP contribution in [0.2, 0.25) is 0 Å². The third-order valence-corrected chi connectivity index (χ3v) is 5.81. The third kappa shape index (κ3) is 3.43. The van der Waals surface area contributed by atoms with Crippen molar-refractivity contribution < 1.29 is 9.47 Å². The summed E-state index contributed by atoms with van der Waals surface area (Å²) in [6.07, 6.45) is 9.86. The fourth-order valence-electron chi connectivity index (χ4n) is 4.20. The quantitative estimate of drug-likeness (QED) is 0.520. The van der Waals surface area contributed by atoms with E-state index in [0.29, 0.717) is 24.0 Å². The van der Waals surface area contributed by atoms with E-state index in [2.05, 4.69) is 25.3 Å². The molecule has 1 aromatic carbocycles. The Morgan fingerprint density at radius 2 is 1.80 bits per heavy atom. The summed E-state index contributed by atoms with van der Waals surface area (Å²) in [6.45, 7) is 0. The molecule has 0 atom stereocenters. The van der Waals surface area contributed by atoms with E-state index < -0.39 is 0 Å². The summed E-state index contributed by atoms with van der Waals surface area (Å²) in [5, 5.41) is 4.33. The van der Waals surface area contributed by atoms with Gasteiger partial charge in [0.1, 0.15) is 5.65 Å². The van der Waals surface area contributed by atoms with Gasteiger partial charge in [-0.15, -0.1) is 0 Å². The topological polar surface area (TPSA) is 97.8 Å². The normalized spacial score (nSPS) is 19.3. The average Bonchev–Trinajstić information content (AvgIpc) is 3.23. The van der Waals surface area contributed by atoms with Crippen molar-refractivity contribution in [2.75, 3.05) is 19.5 Å². The Bertz CT molecular complexity index is 1180. The van der Waals surface area contributed by atoms with Gasteiger partial charge < -0.3 is 19.8 Å². The summed E-state index contributed by atoms with van der Waals surface area (Å²) in [4.78, 5) is 21.4. The van der Waals surface area contributed by atoms with Crippen LogP contribution in [0.4, 0.5) is 5.95 Å². The van der Waals surface area contributed by atoms with Crippen LogP contribution in [0, 0.1) is 0 Å². The van der Waals surface area contributed by atoms with E-state index >= 15 is 0 Å². The lowest BCUT2D eigenvalue weighted by Crippen LogP contribution is -2.29. The van der Waals surface area contributed by atoms with Gasteiger partial charge in [-0.25, -0.2) is 0 Å². The monoisotopic (exact) mass is 404 g/mol. The zero-order valence-electron chi connectivity index (χ0n) is 17.1. The molecule has 4 aromatic rings. The van der Waals surface area contributed by atoms with E-state index in [1.807, 2.05) is 24.4 Å². The van der Waals surface area contributed by atoms with E-state index in [1.54, 1.807) is 26.6 Å². The maximum Gasteiger partial charge on any atom is 0.228 e. The van der Waals surface area contributed by atoms with Gasteiger partial charge in [0.25, 0.3) is 0 Å². The number of benzene rings is 1. The SMILES string of the molecule is COc1nc(N[C@H]2CC[C@@H](OC)CC2)nc2[nH]cc(-c3ccc4nccnc4c3)c12. The molecular formula is C22H24N6O2. The van der Waals surface area contributed by atoms with E-state index in [1.165, 1.54) is 0 Å². The zero-order valence-corrected chi connectivity index (χ0v) is 17.1. The van der Waals surface area contributed by atoms with Crippen LogP contribution in [0.15, 0.2) is 36.8 Å². The predicted octanol–water partition coefficient (Wildman–Crippen LogP) is 3.95. The first-order chi connectivity index (χ1) is 14.7. The molecule has 1 saturated carbocycles. The van der Waals surface area contributed by atoms with Gasteiger partial charge in [-0.05, 0) is 43.4 Å². The smallest absolute Gasteiger partial charge is 0.228 e. The van der Waals surface area contributed by atoms with Crippen LogP contribution in [0.3, 0.4) is 0 Å². The number of methoxy groups -OCH3 is 2. The molecular weight excluding hydrogens is 380 g/mol. The number of aromatic amines is 1. The molecule has 0 unspecified atom stereocenters. The Hall–Kier alpha value is -3.26. The van der Waals surface area contributed by atoms with Crippen molar-refractivity contribution in [3.05, 3.63) is 36.8 Å². The summed E-state index contributed by atoms with van der Waals surface area (Å²) in [5.74, 6) is 1.13. The maximum atomic E-state index is 5.64. The fraction of sp³-hybridized carbons (Fsp3) is 0.364. The first-order valence-electron chi connectivity index (χ1n) is 10.2. The molecule has 0 radical (unpaired) electrons. The Kier molecular flexibility index (Phi) is 4.92. The number of nitrogens with zero attached hydrogens (tertiary/aromatic N) is 4. The Balaban J connectivity index is 1.48. The lowest BCUT2D eigenvalue weighted by Gasteiger charge is -2.28. The molecule has 5 rings (SSSR count). The second kappa shape index (κ2) is 7.87. The van der Waals surface area contributed by atoms with Crippen LogP contribution < -0.4 is 10.1 Å². The van der Waals surface area contributed by atoms with Crippen molar-refractivity contribution in [2.45, 2.75) is 37.8 Å². The molecule has 0 bridgehead atoms. The van der Waals surface area contributed by atoms with Crippen LogP contribution >= 0.6 is 0 Å². The zero-order chi connectivity index (χ0) is 20.5. The van der Waals surface area contributed by atoms with E-state index in [4.69, 9.17) is 14.5 Å². The minimum atomic E-state index is 0.340. The standard InChI is InChI=1S/C22H24N6O2/c1-29-15-6-4-14(5-7-15)26-22-27-20-19(21(28-22)30-2)16(12-25-20)13-3-8-17-18(11-13)24-10-9-23-17/h3,8-12,14-15H,4-7H2,1-2H3,(H2,25,26,27,28)/t14-,15+. The van der Waals surface area contributed by atoms with Gasteiger partial charge in [-0.2, -0.15) is 9.97 Å². The number of nitrogens with one attached hydrogen (secondary N) is 2. The second-order valence-corrected chi connectivity index (χ2v) is 7.60. The lowest BCUT2D eigenvalue weighted by molar-refractivity contribution is 0.0681. The molecule has 8 nitrogen and oxygen atoms in total. The molecule has 30 heavy (non-hydrogen) atoms. The minimum absolute atomic E-state index is 0.340. The molecule has 0 amide bonds. The maximum absolute atomic E-state index is 5.64. The van der Waals surface area contributed by atoms with Crippen molar-refractivity contribution in [2.24, 2.45) is 0 Å². The van der Waals surface area contributed by atoms with Crippen molar-refractivity contribution in [3.63, 3.8) is 0 Å². The molecule has 0 aliphatic heterocycles. The van der Waals surface area contributed by atoms with Gasteiger partial charge in [-0.1, -0.05) is 6.07 Å². The molecule has 1 aliphatic rings. The van der Waals surface area contributed by atoms with E-state index in [0.717, 1.165) is 58.9 Å². The second-order valence-electron chi connectivity index (χ2n) is 7.60. The summed E-state index contributed by atoms with van der Waals surface area (Å²) in [6, 6.07) is 6.35. The molecule has 1 fully saturated rings. The molecule has 3 heterocycles. The van der Waals surface area contributed by atoms with Crippen LogP contribution in [-0.4, -0.2) is 51.3 Å². The molecule has 1 aliphatic carbocycles. The van der Waals surface area contributed by atoms with E-state index in [-0.39, 0.29) is 0 Å². The Morgan fingerprint density at radius 3 is 2.57 bits per heavy atom. The number of rotatable bonds is 5. The van der Waals surface area contributed by atoms with Crippen molar-refractivity contribution in [3.8, 4) is 17.0 Å². The molecule has 154 valence electrons. The number of ether oxygens (including phenoxy) is 2. The highest BCUT2D eigenvalue weighted by Gasteiger charge is 2.22. The molecule has 8 heteroatoms. The summed E-state index contributed by atoms with van der Waals surface area (Å²) < 4.78 is 11.1. The van der Waals surface area contributed by atoms with Gasteiger partial charge in [0, 0.05) is 37.3 Å². The first-order valence-corrected chi connectivity index (χ1v) is 10.2. The van der Waals surface area contributed by atoms with Crippen LogP contribution in [0.1, 0.15) is 25.7 Å². The summed E-state index contributed by atoms with van der Waals surface area (Å²) in [7, 11) is 3.42. The largest absolute Gasteiger partial charge is 0.480 e. The Labute approximate surface area is 174 Å². The molecule has 0 saturated heterocycles. The van der Waals surface area contributed by atoms with E-state index in [9.17, 15) is 0 Å². The molecule has 0 spiro atoms. The minimum Gasteiger partial charge on any atom is -0.480 e. The van der Waals surface area contributed by atoms with Gasteiger partial charge in [0.15, 0.2) is 0 Å². The average molecular weight is 404 g/mol. The predicted molar refractivity (Wildman–Crippen MR) is 116 cm³/mol. The van der Waals surface area contributed by atoms with Crippen LogP contribution in [0.25, 0.3) is 33.2 Å². The first kappa shape index (κ1) is 18.7. The summed E-state index contributed by atoms with van der Waals surface area (Å²) in [5.41, 5.74) is 4.42. The highest BCUT2D eigenvalue weighted by molar-refractivity contribution is 5.99. The number of aromatic nitrogens is 5. The number of hydrogen-bond donors (Lipinski definition) is 2. The van der Waals surface area contributed by atoms with Gasteiger partial charge in [-0.3, -0.25) is 9.97 Å². The van der Waals surface area contributed by atoms with Gasteiger partial charge in [0.05, 0.1) is 29.6 Å². The lowest BCUT2D eigenvalue weighted by atomic mass is 9.93. The van der Waals surface area contributed by atoms with Crippen LogP contribution in [0.5, 0.6) is 5.88 Å². The van der Waals surface area contributed by atoms with Gasteiger partial charge in [0.2, 0.25) is 11.8 Å². The number of fused-ring (bicyclic) bond motifs is 2. The summed E-state index contributed by atoms with van der Waals surface area (Å²) >= 11 is 0. The number of H-pyrrole nitrogens is 1. The molecule has 2 N–H and O–H groups in total.